The molecule has 0 fully saturated rings. The normalized spacial score (nSPS) is 15.6. The average molecular weight is 443 g/mol. The van der Waals surface area contributed by atoms with Crippen LogP contribution in [0.5, 0.6) is 5.75 Å². The molecule has 4 aromatic rings. The van der Waals surface area contributed by atoms with E-state index in [0.29, 0.717) is 33.3 Å². The highest BCUT2D eigenvalue weighted by molar-refractivity contribution is 7.17. The number of aromatic hydroxyl groups is 1. The minimum Gasteiger partial charge on any atom is -0.508 e. The monoisotopic (exact) mass is 442 g/mol. The van der Waals surface area contributed by atoms with Gasteiger partial charge in [0.2, 0.25) is 0 Å². The Labute approximate surface area is 188 Å². The number of benzene rings is 1. The van der Waals surface area contributed by atoms with E-state index in [4.69, 9.17) is 0 Å². The molecule has 0 saturated carbocycles. The molecule has 32 heavy (non-hydrogen) atoms. The standard InChI is InChI=1S/C23H18N6O2S/c1-14-21(32-22(27-14)18-13-25-9-10-26-18)23(31)29-19(16-6-2-3-7-20(16)30)11-17(28-29)15-5-4-8-24-12-15/h2-10,12-13,19,30H,11H2,1H3. The molecule has 9 heteroatoms. The van der Waals surface area contributed by atoms with Crippen molar-refractivity contribution in [3.05, 3.63) is 89.1 Å². The molecule has 0 aliphatic carbocycles. The lowest BCUT2D eigenvalue weighted by molar-refractivity contribution is 0.0713. The number of aromatic nitrogens is 4. The van der Waals surface area contributed by atoms with Gasteiger partial charge in [0.25, 0.3) is 5.91 Å². The lowest BCUT2D eigenvalue weighted by Gasteiger charge is -2.22. The van der Waals surface area contributed by atoms with E-state index >= 15 is 0 Å². The predicted octanol–water partition coefficient (Wildman–Crippen LogP) is 4.00. The van der Waals surface area contributed by atoms with Crippen molar-refractivity contribution < 1.29 is 9.90 Å². The fraction of sp³-hybridized carbons (Fsp3) is 0.130. The zero-order chi connectivity index (χ0) is 22.1. The van der Waals surface area contributed by atoms with E-state index in [1.807, 2.05) is 24.3 Å². The van der Waals surface area contributed by atoms with Crippen LogP contribution in [-0.2, 0) is 0 Å². The molecule has 1 aromatic carbocycles. The van der Waals surface area contributed by atoms with Crippen molar-refractivity contribution in [2.45, 2.75) is 19.4 Å². The van der Waals surface area contributed by atoms with Crippen LogP contribution in [0.2, 0.25) is 0 Å². The first-order chi connectivity index (χ1) is 15.6. The van der Waals surface area contributed by atoms with Crippen LogP contribution in [0.15, 0.2) is 72.5 Å². The summed E-state index contributed by atoms with van der Waals surface area (Å²) in [6.45, 7) is 1.79. The molecule has 158 valence electrons. The number of phenols is 1. The maximum atomic E-state index is 13.6. The molecule has 0 saturated heterocycles. The van der Waals surface area contributed by atoms with E-state index in [2.05, 4.69) is 25.0 Å². The van der Waals surface area contributed by atoms with Crippen LogP contribution >= 0.6 is 11.3 Å². The molecule has 3 aromatic heterocycles. The van der Waals surface area contributed by atoms with Crippen LogP contribution < -0.4 is 0 Å². The van der Waals surface area contributed by atoms with Crippen molar-refractivity contribution >= 4 is 23.0 Å². The molecular weight excluding hydrogens is 424 g/mol. The lowest BCUT2D eigenvalue weighted by atomic mass is 9.98. The van der Waals surface area contributed by atoms with Gasteiger partial charge in [-0.05, 0) is 19.1 Å². The van der Waals surface area contributed by atoms with Crippen molar-refractivity contribution in [2.24, 2.45) is 5.10 Å². The smallest absolute Gasteiger partial charge is 0.286 e. The highest BCUT2D eigenvalue weighted by Crippen LogP contribution is 2.39. The Balaban J connectivity index is 1.55. The second kappa shape index (κ2) is 8.27. The highest BCUT2D eigenvalue weighted by Gasteiger charge is 2.36. The molecule has 1 aliphatic heterocycles. The van der Waals surface area contributed by atoms with Gasteiger partial charge in [0, 0.05) is 42.3 Å². The number of para-hydroxylation sites is 1. The number of phenolic OH excluding ortho intramolecular Hbond substituents is 1. The summed E-state index contributed by atoms with van der Waals surface area (Å²) in [5.41, 5.74) is 3.42. The molecule has 0 radical (unpaired) electrons. The van der Waals surface area contributed by atoms with Gasteiger partial charge < -0.3 is 5.11 Å². The number of pyridine rings is 1. The third-order valence-electron chi connectivity index (χ3n) is 5.18. The first-order valence-electron chi connectivity index (χ1n) is 9.95. The third-order valence-corrected chi connectivity index (χ3v) is 6.35. The second-order valence-corrected chi connectivity index (χ2v) is 8.24. The molecule has 8 nitrogen and oxygen atoms in total. The summed E-state index contributed by atoms with van der Waals surface area (Å²) in [6.07, 6.45) is 8.67. The maximum absolute atomic E-state index is 13.6. The Hall–Kier alpha value is -3.98. The van der Waals surface area contributed by atoms with Gasteiger partial charge in [0.1, 0.15) is 21.3 Å². The van der Waals surface area contributed by atoms with Crippen LogP contribution in [0.25, 0.3) is 10.7 Å². The Kier molecular flexibility index (Phi) is 5.16. The largest absolute Gasteiger partial charge is 0.508 e. The molecule has 5 rings (SSSR count). The Morgan fingerprint density at radius 3 is 2.69 bits per heavy atom. The van der Waals surface area contributed by atoms with Gasteiger partial charge in [0.15, 0.2) is 0 Å². The molecule has 1 atom stereocenters. The number of hydrogen-bond donors (Lipinski definition) is 1. The van der Waals surface area contributed by atoms with Gasteiger partial charge in [0.05, 0.1) is 23.6 Å². The fourth-order valence-electron chi connectivity index (χ4n) is 3.64. The number of aryl methyl sites for hydroxylation is 1. The first-order valence-corrected chi connectivity index (χ1v) is 10.8. The quantitative estimate of drug-likeness (QED) is 0.512. The van der Waals surface area contributed by atoms with Crippen molar-refractivity contribution in [1.82, 2.24) is 24.9 Å². The van der Waals surface area contributed by atoms with Gasteiger partial charge in [-0.1, -0.05) is 24.3 Å². The zero-order valence-corrected chi connectivity index (χ0v) is 17.9. The molecule has 0 bridgehead atoms. The number of thiazole rings is 1. The molecule has 0 spiro atoms. The lowest BCUT2D eigenvalue weighted by Crippen LogP contribution is -2.27. The van der Waals surface area contributed by atoms with Crippen molar-refractivity contribution in [3.8, 4) is 16.5 Å². The fourth-order valence-corrected chi connectivity index (χ4v) is 4.60. The van der Waals surface area contributed by atoms with E-state index in [1.165, 1.54) is 16.3 Å². The number of rotatable bonds is 4. The minimum absolute atomic E-state index is 0.124. The summed E-state index contributed by atoms with van der Waals surface area (Å²) in [4.78, 5) is 31.2. The van der Waals surface area contributed by atoms with Gasteiger partial charge in [-0.2, -0.15) is 5.10 Å². The zero-order valence-electron chi connectivity index (χ0n) is 17.1. The highest BCUT2D eigenvalue weighted by atomic mass is 32.1. The van der Waals surface area contributed by atoms with Gasteiger partial charge in [-0.3, -0.25) is 19.7 Å². The van der Waals surface area contributed by atoms with Crippen molar-refractivity contribution in [3.63, 3.8) is 0 Å². The number of hydrazone groups is 1. The van der Waals surface area contributed by atoms with Gasteiger partial charge >= 0.3 is 0 Å². The molecule has 1 N–H and O–H groups in total. The van der Waals surface area contributed by atoms with Crippen LogP contribution in [0.3, 0.4) is 0 Å². The van der Waals surface area contributed by atoms with Crippen LogP contribution in [-0.4, -0.2) is 41.7 Å². The Morgan fingerprint density at radius 1 is 1.09 bits per heavy atom. The summed E-state index contributed by atoms with van der Waals surface area (Å²) < 4.78 is 0. The molecule has 1 unspecified atom stereocenters. The Morgan fingerprint density at radius 2 is 1.94 bits per heavy atom. The predicted molar refractivity (Wildman–Crippen MR) is 120 cm³/mol. The number of amides is 1. The van der Waals surface area contributed by atoms with Crippen molar-refractivity contribution in [1.29, 1.82) is 0 Å². The molecule has 4 heterocycles. The van der Waals surface area contributed by atoms with E-state index in [-0.39, 0.29) is 11.7 Å². The number of nitrogens with zero attached hydrogens (tertiary/aromatic N) is 6. The minimum atomic E-state index is -0.444. The molecule has 1 amide bonds. The number of carbonyl (C=O) groups excluding carboxylic acids is 1. The SMILES string of the molecule is Cc1nc(-c2cnccn2)sc1C(=O)N1N=C(c2cccnc2)CC1c1ccccc1O. The topological polar surface area (TPSA) is 104 Å². The van der Waals surface area contributed by atoms with E-state index in [0.717, 1.165) is 11.3 Å². The van der Waals surface area contributed by atoms with Crippen LogP contribution in [0, 0.1) is 6.92 Å². The summed E-state index contributed by atoms with van der Waals surface area (Å²) in [6, 6.07) is 10.3. The van der Waals surface area contributed by atoms with Gasteiger partial charge in [-0.15, -0.1) is 11.3 Å². The van der Waals surface area contributed by atoms with E-state index in [9.17, 15) is 9.90 Å². The number of carbonyl (C=O) groups is 1. The van der Waals surface area contributed by atoms with Gasteiger partial charge in [-0.25, -0.2) is 9.99 Å². The summed E-state index contributed by atoms with van der Waals surface area (Å²) in [5.74, 6) is -0.151. The molecule has 1 aliphatic rings. The van der Waals surface area contributed by atoms with Crippen molar-refractivity contribution in [2.75, 3.05) is 0 Å². The molecular formula is C23H18N6O2S. The second-order valence-electron chi connectivity index (χ2n) is 7.24. The number of hydrogen-bond acceptors (Lipinski definition) is 8. The summed E-state index contributed by atoms with van der Waals surface area (Å²) >= 11 is 1.26. The summed E-state index contributed by atoms with van der Waals surface area (Å²) in [5, 5.41) is 17.2. The average Bonchev–Trinajstić information content (AvgIpc) is 3.44. The van der Waals surface area contributed by atoms with Crippen LogP contribution in [0.1, 0.15) is 39.0 Å². The van der Waals surface area contributed by atoms with Crippen LogP contribution in [0.4, 0.5) is 0 Å². The first kappa shape index (κ1) is 20.0. The Bertz CT molecular complexity index is 1310. The third kappa shape index (κ3) is 3.63. The van der Waals surface area contributed by atoms with E-state index < -0.39 is 6.04 Å². The summed E-state index contributed by atoms with van der Waals surface area (Å²) in [7, 11) is 0. The maximum Gasteiger partial charge on any atom is 0.286 e. The van der Waals surface area contributed by atoms with E-state index in [1.54, 1.807) is 50.0 Å².